The maximum absolute atomic E-state index is 14.0. The van der Waals surface area contributed by atoms with Crippen LogP contribution in [0.1, 0.15) is 0 Å². The summed E-state index contributed by atoms with van der Waals surface area (Å²) in [6.07, 6.45) is 2.85. The van der Waals surface area contributed by atoms with Crippen LogP contribution in [0.25, 0.3) is 10.9 Å². The Hall–Kier alpha value is -3.19. The van der Waals surface area contributed by atoms with E-state index in [1.165, 1.54) is 0 Å². The van der Waals surface area contributed by atoms with E-state index < -0.39 is 5.82 Å². The third-order valence-corrected chi connectivity index (χ3v) is 3.80. The second-order valence-corrected chi connectivity index (χ2v) is 5.76. The van der Waals surface area contributed by atoms with Crippen LogP contribution >= 0.6 is 11.6 Å². The van der Waals surface area contributed by atoms with Crippen LogP contribution in [0.5, 0.6) is 0 Å². The van der Waals surface area contributed by atoms with Gasteiger partial charge in [-0.3, -0.25) is 5.10 Å². The molecule has 25 heavy (non-hydrogen) atoms. The molecule has 0 unspecified atom stereocenters. The van der Waals surface area contributed by atoms with E-state index in [0.29, 0.717) is 10.7 Å². The fourth-order valence-corrected chi connectivity index (χ4v) is 2.45. The molecule has 0 spiro atoms. The van der Waals surface area contributed by atoms with Crippen molar-refractivity contribution in [2.24, 2.45) is 0 Å². The average molecular weight is 355 g/mol. The van der Waals surface area contributed by atoms with E-state index in [-0.39, 0.29) is 11.8 Å². The Morgan fingerprint density at radius 1 is 0.960 bits per heavy atom. The summed E-state index contributed by atoms with van der Waals surface area (Å²) < 4.78 is 14.0. The van der Waals surface area contributed by atoms with Gasteiger partial charge in [0.05, 0.1) is 17.9 Å². The van der Waals surface area contributed by atoms with Crippen LogP contribution < -0.4 is 10.6 Å². The molecule has 4 rings (SSSR count). The summed E-state index contributed by atoms with van der Waals surface area (Å²) in [5.41, 5.74) is 2.32. The molecule has 0 atom stereocenters. The number of nitrogens with zero attached hydrogens (tertiary/aromatic N) is 3. The average Bonchev–Trinajstić information content (AvgIpc) is 3.07. The molecule has 3 N–H and O–H groups in total. The Morgan fingerprint density at radius 2 is 1.76 bits per heavy atom. The summed E-state index contributed by atoms with van der Waals surface area (Å²) in [5.74, 6) is -0.205. The molecule has 0 aliphatic rings. The van der Waals surface area contributed by atoms with Crippen LogP contribution in [-0.4, -0.2) is 20.2 Å². The first-order valence-corrected chi connectivity index (χ1v) is 7.80. The highest BCUT2D eigenvalue weighted by molar-refractivity contribution is 6.30. The fourth-order valence-electron chi connectivity index (χ4n) is 2.33. The maximum Gasteiger partial charge on any atom is 0.229 e. The minimum atomic E-state index is -0.551. The lowest BCUT2D eigenvalue weighted by atomic mass is 10.2. The number of anilines is 4. The number of fused-ring (bicyclic) bond motifs is 1. The maximum atomic E-state index is 14.0. The van der Waals surface area contributed by atoms with Crippen molar-refractivity contribution in [3.63, 3.8) is 0 Å². The van der Waals surface area contributed by atoms with Gasteiger partial charge in [0.2, 0.25) is 5.95 Å². The summed E-state index contributed by atoms with van der Waals surface area (Å²) in [6.45, 7) is 0. The van der Waals surface area contributed by atoms with Gasteiger partial charge >= 0.3 is 0 Å². The lowest BCUT2D eigenvalue weighted by Crippen LogP contribution is -2.03. The SMILES string of the molecule is Fc1cnc(Nc2ccc3cn[nH]c3c2)nc1Nc1ccc(Cl)cc1. The highest BCUT2D eigenvalue weighted by Crippen LogP contribution is 2.23. The van der Waals surface area contributed by atoms with Crippen LogP contribution in [-0.2, 0) is 0 Å². The zero-order valence-electron chi connectivity index (χ0n) is 12.8. The zero-order valence-corrected chi connectivity index (χ0v) is 13.5. The quantitative estimate of drug-likeness (QED) is 0.498. The Balaban J connectivity index is 1.58. The molecular formula is C17H12ClFN6. The van der Waals surface area contributed by atoms with Crippen LogP contribution in [0.15, 0.2) is 54.9 Å². The molecule has 0 aliphatic carbocycles. The number of nitrogens with one attached hydrogen (secondary N) is 3. The fraction of sp³-hybridized carbons (Fsp3) is 0. The molecule has 8 heteroatoms. The number of H-pyrrole nitrogens is 1. The smallest absolute Gasteiger partial charge is 0.229 e. The topological polar surface area (TPSA) is 78.5 Å². The molecule has 2 aromatic carbocycles. The second kappa shape index (κ2) is 6.37. The van der Waals surface area contributed by atoms with Gasteiger partial charge in [0.25, 0.3) is 0 Å². The minimum Gasteiger partial charge on any atom is -0.338 e. The molecule has 0 amide bonds. The van der Waals surface area contributed by atoms with Crippen LogP contribution in [0.2, 0.25) is 5.02 Å². The van der Waals surface area contributed by atoms with Gasteiger partial charge in [-0.1, -0.05) is 11.6 Å². The van der Waals surface area contributed by atoms with E-state index in [1.807, 2.05) is 18.2 Å². The van der Waals surface area contributed by atoms with Gasteiger partial charge in [-0.15, -0.1) is 0 Å². The molecular weight excluding hydrogens is 343 g/mol. The Labute approximate surface area is 147 Å². The molecule has 0 aliphatic heterocycles. The lowest BCUT2D eigenvalue weighted by Gasteiger charge is -2.09. The molecule has 0 saturated heterocycles. The Kier molecular flexibility index (Phi) is 3.91. The molecule has 2 aromatic heterocycles. The Morgan fingerprint density at radius 3 is 2.60 bits per heavy atom. The van der Waals surface area contributed by atoms with E-state index in [2.05, 4.69) is 30.8 Å². The first-order valence-electron chi connectivity index (χ1n) is 7.43. The van der Waals surface area contributed by atoms with Crippen molar-refractivity contribution in [3.05, 3.63) is 65.7 Å². The highest BCUT2D eigenvalue weighted by Gasteiger charge is 2.08. The second-order valence-electron chi connectivity index (χ2n) is 5.32. The number of rotatable bonds is 4. The number of hydrogen-bond acceptors (Lipinski definition) is 5. The normalized spacial score (nSPS) is 10.8. The largest absolute Gasteiger partial charge is 0.338 e. The van der Waals surface area contributed by atoms with Crippen molar-refractivity contribution >= 4 is 45.6 Å². The van der Waals surface area contributed by atoms with Crippen molar-refractivity contribution < 1.29 is 4.39 Å². The van der Waals surface area contributed by atoms with E-state index in [9.17, 15) is 4.39 Å². The predicted octanol–water partition coefficient (Wildman–Crippen LogP) is 4.63. The van der Waals surface area contributed by atoms with Gasteiger partial charge in [-0.25, -0.2) is 9.37 Å². The molecule has 124 valence electrons. The molecule has 6 nitrogen and oxygen atoms in total. The van der Waals surface area contributed by atoms with Crippen molar-refractivity contribution in [1.29, 1.82) is 0 Å². The van der Waals surface area contributed by atoms with Crippen molar-refractivity contribution in [1.82, 2.24) is 20.2 Å². The van der Waals surface area contributed by atoms with E-state index in [0.717, 1.165) is 22.8 Å². The van der Waals surface area contributed by atoms with Crippen molar-refractivity contribution in [2.75, 3.05) is 10.6 Å². The molecule has 0 bridgehead atoms. The summed E-state index contributed by atoms with van der Waals surface area (Å²) in [7, 11) is 0. The first-order chi connectivity index (χ1) is 12.2. The third kappa shape index (κ3) is 3.36. The molecule has 2 heterocycles. The van der Waals surface area contributed by atoms with Crippen LogP contribution in [0.4, 0.5) is 27.5 Å². The number of aromatic amines is 1. The summed E-state index contributed by atoms with van der Waals surface area (Å²) >= 11 is 5.85. The summed E-state index contributed by atoms with van der Waals surface area (Å²) in [4.78, 5) is 8.16. The van der Waals surface area contributed by atoms with Crippen LogP contribution in [0.3, 0.4) is 0 Å². The van der Waals surface area contributed by atoms with Gasteiger partial charge in [0.15, 0.2) is 11.6 Å². The van der Waals surface area contributed by atoms with Crippen LogP contribution in [0, 0.1) is 5.82 Å². The molecule has 4 aromatic rings. The van der Waals surface area contributed by atoms with Gasteiger partial charge < -0.3 is 10.6 Å². The predicted molar refractivity (Wildman–Crippen MR) is 96.1 cm³/mol. The number of benzene rings is 2. The molecule has 0 radical (unpaired) electrons. The standard InChI is InChI=1S/C17H12ClFN6/c18-11-2-5-12(6-3-11)22-16-14(19)9-20-17(24-16)23-13-4-1-10-8-21-25-15(10)7-13/h1-9H,(H,21,25)(H2,20,22,23,24). The van der Waals surface area contributed by atoms with E-state index in [4.69, 9.17) is 11.6 Å². The van der Waals surface area contributed by atoms with Gasteiger partial charge in [-0.05, 0) is 42.5 Å². The molecule has 0 fully saturated rings. The monoisotopic (exact) mass is 354 g/mol. The summed E-state index contributed by atoms with van der Waals surface area (Å²) in [5, 5.41) is 14.4. The minimum absolute atomic E-state index is 0.0717. The number of hydrogen-bond donors (Lipinski definition) is 3. The molecule has 0 saturated carbocycles. The lowest BCUT2D eigenvalue weighted by molar-refractivity contribution is 0.619. The van der Waals surface area contributed by atoms with Gasteiger partial charge in [0.1, 0.15) is 0 Å². The third-order valence-electron chi connectivity index (χ3n) is 3.55. The van der Waals surface area contributed by atoms with Gasteiger partial charge in [0, 0.05) is 21.8 Å². The van der Waals surface area contributed by atoms with Crippen molar-refractivity contribution in [3.8, 4) is 0 Å². The number of aromatic nitrogens is 4. The zero-order chi connectivity index (χ0) is 17.2. The highest BCUT2D eigenvalue weighted by atomic mass is 35.5. The van der Waals surface area contributed by atoms with E-state index in [1.54, 1.807) is 30.5 Å². The summed E-state index contributed by atoms with van der Waals surface area (Å²) in [6, 6.07) is 12.6. The Bertz CT molecular complexity index is 1030. The van der Waals surface area contributed by atoms with Gasteiger partial charge in [-0.2, -0.15) is 10.1 Å². The van der Waals surface area contributed by atoms with E-state index >= 15 is 0 Å². The van der Waals surface area contributed by atoms with Crippen molar-refractivity contribution in [2.45, 2.75) is 0 Å². The number of halogens is 2. The first kappa shape index (κ1) is 15.3.